The number of nitrogens with two attached hydrogens (primary N) is 1. The molecular weight excluding hydrogens is 352 g/mol. The number of benzene rings is 2. The maximum absolute atomic E-state index is 6.24. The zero-order chi connectivity index (χ0) is 17.7. The summed E-state index contributed by atoms with van der Waals surface area (Å²) in [5.74, 6) is 1.40. The van der Waals surface area contributed by atoms with E-state index in [-0.39, 0.29) is 12.6 Å². The van der Waals surface area contributed by atoms with Gasteiger partial charge in [0, 0.05) is 34.1 Å². The lowest BCUT2D eigenvalue weighted by Gasteiger charge is -2.33. The van der Waals surface area contributed by atoms with Gasteiger partial charge in [-0.15, -0.1) is 0 Å². The van der Waals surface area contributed by atoms with Gasteiger partial charge in [0.1, 0.15) is 24.4 Å². The Hall–Kier alpha value is -3.12. The lowest BCUT2D eigenvalue weighted by Crippen LogP contribution is -2.31. The molecule has 2 aliphatic rings. The number of fused-ring (bicyclic) bond motifs is 4. The van der Waals surface area contributed by atoms with Gasteiger partial charge < -0.3 is 15.2 Å². The highest BCUT2D eigenvalue weighted by Crippen LogP contribution is 2.52. The molecule has 3 heterocycles. The number of aliphatic imine (C=N–C) groups is 1. The molecule has 3 aromatic rings. The van der Waals surface area contributed by atoms with Crippen LogP contribution in [-0.2, 0) is 10.3 Å². The molecule has 2 aliphatic heterocycles. The topological polar surface area (TPSA) is 82.6 Å². The fourth-order valence-corrected chi connectivity index (χ4v) is 3.63. The average Bonchev–Trinajstić information content (AvgIpc) is 3.06. The first-order chi connectivity index (χ1) is 12.7. The molecule has 0 saturated heterocycles. The van der Waals surface area contributed by atoms with Crippen LogP contribution < -0.4 is 10.5 Å². The maximum atomic E-state index is 6.24. The Morgan fingerprint density at radius 1 is 0.962 bits per heavy atom. The summed E-state index contributed by atoms with van der Waals surface area (Å²) in [4.78, 5) is 12.8. The predicted molar refractivity (Wildman–Crippen MR) is 97.3 cm³/mol. The van der Waals surface area contributed by atoms with Gasteiger partial charge in [0.2, 0.25) is 0 Å². The standard InChI is InChI=1S/C19H13ClN4O2/c20-13-2-4-17-15(6-13)19(9-25-18(21)24-19)14-5-11(1-3-16(14)26-17)12-7-22-10-23-8-12/h1-8,10H,9H2,(H2,21,24)/t19-/m0/s1. The second kappa shape index (κ2) is 5.44. The van der Waals surface area contributed by atoms with Gasteiger partial charge in [0.15, 0.2) is 5.54 Å². The highest BCUT2D eigenvalue weighted by molar-refractivity contribution is 6.30. The van der Waals surface area contributed by atoms with Gasteiger partial charge in [-0.25, -0.2) is 15.0 Å². The molecular formula is C19H13ClN4O2. The van der Waals surface area contributed by atoms with E-state index in [1.54, 1.807) is 18.5 Å². The molecule has 2 aromatic carbocycles. The van der Waals surface area contributed by atoms with Crippen LogP contribution in [0.3, 0.4) is 0 Å². The van der Waals surface area contributed by atoms with E-state index in [4.69, 9.17) is 26.8 Å². The molecule has 0 unspecified atom stereocenters. The highest BCUT2D eigenvalue weighted by atomic mass is 35.5. The third kappa shape index (κ3) is 2.16. The number of nitrogens with zero attached hydrogens (tertiary/aromatic N) is 3. The van der Waals surface area contributed by atoms with Crippen molar-refractivity contribution in [3.63, 3.8) is 0 Å². The van der Waals surface area contributed by atoms with E-state index in [1.807, 2.05) is 30.3 Å². The number of rotatable bonds is 1. The molecule has 0 amide bonds. The minimum atomic E-state index is -0.788. The number of ether oxygens (including phenoxy) is 2. The highest BCUT2D eigenvalue weighted by Gasteiger charge is 2.47. The molecule has 128 valence electrons. The molecule has 0 bridgehead atoms. The minimum Gasteiger partial charge on any atom is -0.462 e. The van der Waals surface area contributed by atoms with Gasteiger partial charge in [-0.2, -0.15) is 0 Å². The molecule has 0 saturated carbocycles. The van der Waals surface area contributed by atoms with Crippen LogP contribution in [0.4, 0.5) is 0 Å². The van der Waals surface area contributed by atoms with Crippen LogP contribution in [0.5, 0.6) is 11.5 Å². The van der Waals surface area contributed by atoms with E-state index in [9.17, 15) is 0 Å². The van der Waals surface area contributed by atoms with Crippen molar-refractivity contribution < 1.29 is 9.47 Å². The second-order valence-electron chi connectivity index (χ2n) is 6.18. The minimum absolute atomic E-state index is 0.150. The van der Waals surface area contributed by atoms with Gasteiger partial charge in [-0.1, -0.05) is 17.7 Å². The molecule has 0 radical (unpaired) electrons. The zero-order valence-electron chi connectivity index (χ0n) is 13.5. The third-order valence-corrected chi connectivity index (χ3v) is 4.89. The van der Waals surface area contributed by atoms with E-state index >= 15 is 0 Å². The fraction of sp³-hybridized carbons (Fsp3) is 0.105. The van der Waals surface area contributed by atoms with E-state index in [0.29, 0.717) is 16.5 Å². The van der Waals surface area contributed by atoms with Crippen molar-refractivity contribution in [3.05, 3.63) is 71.3 Å². The normalized spacial score (nSPS) is 20.0. The van der Waals surface area contributed by atoms with Crippen molar-refractivity contribution in [2.45, 2.75) is 5.54 Å². The van der Waals surface area contributed by atoms with Gasteiger partial charge in [0.05, 0.1) is 0 Å². The largest absolute Gasteiger partial charge is 0.462 e. The zero-order valence-corrected chi connectivity index (χ0v) is 14.3. The SMILES string of the molecule is NC1=N[C@]2(CO1)c1cc(Cl)ccc1Oc1ccc(-c3cncnc3)cc12. The van der Waals surface area contributed by atoms with Gasteiger partial charge >= 0.3 is 0 Å². The lowest BCUT2D eigenvalue weighted by molar-refractivity contribution is 0.264. The summed E-state index contributed by atoms with van der Waals surface area (Å²) < 4.78 is 11.6. The number of halogens is 1. The smallest absolute Gasteiger partial charge is 0.283 e. The first kappa shape index (κ1) is 15.2. The monoisotopic (exact) mass is 364 g/mol. The Labute approximate surface area is 154 Å². The maximum Gasteiger partial charge on any atom is 0.283 e. The van der Waals surface area contributed by atoms with Crippen LogP contribution >= 0.6 is 11.6 Å². The Morgan fingerprint density at radius 3 is 2.42 bits per heavy atom. The molecule has 0 aliphatic carbocycles. The average molecular weight is 365 g/mol. The van der Waals surface area contributed by atoms with Gasteiger partial charge in [-0.3, -0.25) is 0 Å². The van der Waals surface area contributed by atoms with Crippen LogP contribution in [0.1, 0.15) is 11.1 Å². The van der Waals surface area contributed by atoms with Crippen molar-refractivity contribution in [3.8, 4) is 22.6 Å². The molecule has 0 fully saturated rings. The second-order valence-corrected chi connectivity index (χ2v) is 6.62. The molecule has 1 spiro atoms. The summed E-state index contributed by atoms with van der Waals surface area (Å²) in [5.41, 5.74) is 8.65. The summed E-state index contributed by atoms with van der Waals surface area (Å²) in [6.45, 7) is 0.289. The molecule has 2 N–H and O–H groups in total. The number of amidine groups is 1. The molecule has 1 aromatic heterocycles. The first-order valence-corrected chi connectivity index (χ1v) is 8.39. The molecule has 6 nitrogen and oxygen atoms in total. The van der Waals surface area contributed by atoms with Crippen molar-refractivity contribution in [1.82, 2.24) is 9.97 Å². The van der Waals surface area contributed by atoms with Gasteiger partial charge in [0.25, 0.3) is 6.02 Å². The van der Waals surface area contributed by atoms with E-state index in [1.165, 1.54) is 6.33 Å². The van der Waals surface area contributed by atoms with Crippen LogP contribution in [0.2, 0.25) is 5.02 Å². The molecule has 7 heteroatoms. The fourth-order valence-electron chi connectivity index (χ4n) is 3.45. The molecule has 26 heavy (non-hydrogen) atoms. The third-order valence-electron chi connectivity index (χ3n) is 4.66. The van der Waals surface area contributed by atoms with E-state index in [2.05, 4.69) is 15.0 Å². The number of hydrogen-bond donors (Lipinski definition) is 1. The summed E-state index contributed by atoms with van der Waals surface area (Å²) >= 11 is 6.24. The summed E-state index contributed by atoms with van der Waals surface area (Å²) in [6, 6.07) is 11.5. The summed E-state index contributed by atoms with van der Waals surface area (Å²) in [6.07, 6.45) is 5.03. The first-order valence-electron chi connectivity index (χ1n) is 8.02. The van der Waals surface area contributed by atoms with Crippen molar-refractivity contribution in [1.29, 1.82) is 0 Å². The van der Waals surface area contributed by atoms with E-state index < -0.39 is 5.54 Å². The van der Waals surface area contributed by atoms with Crippen LogP contribution in [0, 0.1) is 0 Å². The van der Waals surface area contributed by atoms with Crippen molar-refractivity contribution in [2.24, 2.45) is 10.7 Å². The van der Waals surface area contributed by atoms with E-state index in [0.717, 1.165) is 22.3 Å². The molecule has 5 rings (SSSR count). The predicted octanol–water partition coefficient (Wildman–Crippen LogP) is 3.49. The number of hydrogen-bond acceptors (Lipinski definition) is 6. The summed E-state index contributed by atoms with van der Waals surface area (Å²) in [5, 5.41) is 0.600. The Bertz CT molecular complexity index is 1050. The molecule has 1 atom stereocenters. The van der Waals surface area contributed by atoms with Crippen molar-refractivity contribution in [2.75, 3.05) is 6.61 Å². The van der Waals surface area contributed by atoms with Crippen LogP contribution in [0.15, 0.2) is 60.1 Å². The Morgan fingerprint density at radius 2 is 1.69 bits per heavy atom. The van der Waals surface area contributed by atoms with Crippen LogP contribution in [0.25, 0.3) is 11.1 Å². The van der Waals surface area contributed by atoms with Crippen LogP contribution in [-0.4, -0.2) is 22.6 Å². The Balaban J connectivity index is 1.76. The number of aromatic nitrogens is 2. The van der Waals surface area contributed by atoms with Gasteiger partial charge in [-0.05, 0) is 35.9 Å². The quantitative estimate of drug-likeness (QED) is 0.714. The Kier molecular flexibility index (Phi) is 3.17. The lowest BCUT2D eigenvalue weighted by atomic mass is 9.80. The summed E-state index contributed by atoms with van der Waals surface area (Å²) in [7, 11) is 0. The van der Waals surface area contributed by atoms with Crippen molar-refractivity contribution >= 4 is 17.6 Å².